The average Bonchev–Trinajstić information content (AvgIpc) is 2.78. The molecular weight excluding hydrogens is 281 g/mol. The lowest BCUT2D eigenvalue weighted by atomic mass is 10.0. The van der Waals surface area contributed by atoms with Crippen molar-refractivity contribution in [3.05, 3.63) is 59.0 Å². The first kappa shape index (κ1) is 12.7. The van der Waals surface area contributed by atoms with Crippen LogP contribution in [0.1, 0.15) is 10.5 Å². The van der Waals surface area contributed by atoms with Crippen LogP contribution in [0.3, 0.4) is 0 Å². The van der Waals surface area contributed by atoms with E-state index in [2.05, 4.69) is 4.98 Å². The third kappa shape index (κ3) is 1.94. The summed E-state index contributed by atoms with van der Waals surface area (Å²) in [6, 6.07) is 11.0. The molecule has 100 valence electrons. The molecule has 2 aromatic carbocycles. The zero-order chi connectivity index (χ0) is 14.3. The number of aromatic carboxylic acids is 1. The van der Waals surface area contributed by atoms with E-state index in [0.29, 0.717) is 27.1 Å². The van der Waals surface area contributed by atoms with E-state index >= 15 is 0 Å². The van der Waals surface area contributed by atoms with Crippen LogP contribution >= 0.6 is 11.6 Å². The number of fused-ring (bicyclic) bond motifs is 1. The van der Waals surface area contributed by atoms with Gasteiger partial charge >= 0.3 is 5.97 Å². The minimum Gasteiger partial charge on any atom is -0.477 e. The van der Waals surface area contributed by atoms with Gasteiger partial charge in [0, 0.05) is 27.1 Å². The first-order valence-electron chi connectivity index (χ1n) is 5.87. The zero-order valence-electron chi connectivity index (χ0n) is 10.2. The summed E-state index contributed by atoms with van der Waals surface area (Å²) in [6.07, 6.45) is 0. The minimum absolute atomic E-state index is 0.00120. The van der Waals surface area contributed by atoms with Crippen LogP contribution in [0.25, 0.3) is 22.0 Å². The van der Waals surface area contributed by atoms with Crippen LogP contribution in [0.4, 0.5) is 4.39 Å². The number of hydrogen-bond donors (Lipinski definition) is 2. The van der Waals surface area contributed by atoms with E-state index in [0.717, 1.165) is 0 Å². The van der Waals surface area contributed by atoms with E-state index in [1.165, 1.54) is 18.2 Å². The Hall–Kier alpha value is -2.33. The van der Waals surface area contributed by atoms with Crippen LogP contribution in [0.2, 0.25) is 5.02 Å². The second-order valence-corrected chi connectivity index (χ2v) is 4.76. The van der Waals surface area contributed by atoms with Gasteiger partial charge in [0.15, 0.2) is 0 Å². The number of carboxylic acids is 1. The van der Waals surface area contributed by atoms with Crippen molar-refractivity contribution < 1.29 is 14.3 Å². The first-order valence-corrected chi connectivity index (χ1v) is 6.25. The van der Waals surface area contributed by atoms with Gasteiger partial charge in [0.25, 0.3) is 0 Å². The minimum atomic E-state index is -1.11. The molecule has 0 saturated carbocycles. The van der Waals surface area contributed by atoms with Gasteiger partial charge in [-0.2, -0.15) is 0 Å². The number of carbonyl (C=O) groups is 1. The van der Waals surface area contributed by atoms with E-state index in [1.807, 2.05) is 0 Å². The van der Waals surface area contributed by atoms with E-state index < -0.39 is 11.8 Å². The number of aromatic amines is 1. The number of benzene rings is 2. The van der Waals surface area contributed by atoms with Gasteiger partial charge in [-0.1, -0.05) is 29.8 Å². The molecule has 0 unspecified atom stereocenters. The smallest absolute Gasteiger partial charge is 0.352 e. The van der Waals surface area contributed by atoms with Gasteiger partial charge < -0.3 is 10.1 Å². The maximum absolute atomic E-state index is 13.4. The molecule has 3 aromatic rings. The molecular formula is C15H9ClFNO2. The maximum Gasteiger partial charge on any atom is 0.352 e. The molecule has 0 atom stereocenters. The summed E-state index contributed by atoms with van der Waals surface area (Å²) in [4.78, 5) is 14.2. The van der Waals surface area contributed by atoms with E-state index in [1.54, 1.807) is 24.3 Å². The predicted octanol–water partition coefficient (Wildman–Crippen LogP) is 4.33. The number of aromatic nitrogens is 1. The number of halogens is 2. The predicted molar refractivity (Wildman–Crippen MR) is 75.7 cm³/mol. The van der Waals surface area contributed by atoms with Crippen molar-refractivity contribution >= 4 is 28.5 Å². The molecule has 0 aliphatic carbocycles. The highest BCUT2D eigenvalue weighted by atomic mass is 35.5. The van der Waals surface area contributed by atoms with Crippen LogP contribution < -0.4 is 0 Å². The highest BCUT2D eigenvalue weighted by molar-refractivity contribution is 6.34. The summed E-state index contributed by atoms with van der Waals surface area (Å²) in [7, 11) is 0. The second-order valence-electron chi connectivity index (χ2n) is 4.35. The average molecular weight is 290 g/mol. The molecule has 0 fully saturated rings. The van der Waals surface area contributed by atoms with Crippen molar-refractivity contribution in [1.82, 2.24) is 4.98 Å². The third-order valence-electron chi connectivity index (χ3n) is 3.12. The Kier molecular flexibility index (Phi) is 2.95. The van der Waals surface area contributed by atoms with Gasteiger partial charge in [-0.3, -0.25) is 0 Å². The summed E-state index contributed by atoms with van der Waals surface area (Å²) in [5, 5.41) is 10.2. The van der Waals surface area contributed by atoms with Crippen LogP contribution in [-0.4, -0.2) is 16.1 Å². The number of H-pyrrole nitrogens is 1. The lowest BCUT2D eigenvalue weighted by Gasteiger charge is -2.04. The number of carboxylic acid groups (broad SMARTS) is 1. The van der Waals surface area contributed by atoms with Crippen molar-refractivity contribution in [2.24, 2.45) is 0 Å². The van der Waals surface area contributed by atoms with Gasteiger partial charge in [-0.05, 0) is 24.3 Å². The van der Waals surface area contributed by atoms with Gasteiger partial charge in [0.05, 0.1) is 0 Å². The summed E-state index contributed by atoms with van der Waals surface area (Å²) in [5.41, 5.74) is 1.51. The second kappa shape index (κ2) is 4.65. The Bertz CT molecular complexity index is 826. The normalized spacial score (nSPS) is 10.9. The van der Waals surface area contributed by atoms with E-state index in [-0.39, 0.29) is 5.69 Å². The Balaban J connectivity index is 2.43. The largest absolute Gasteiger partial charge is 0.477 e. The third-order valence-corrected chi connectivity index (χ3v) is 3.45. The fraction of sp³-hybridized carbons (Fsp3) is 0. The highest BCUT2D eigenvalue weighted by Gasteiger charge is 2.20. The number of nitrogens with one attached hydrogen (secondary N) is 1. The molecule has 3 nitrogen and oxygen atoms in total. The molecule has 1 heterocycles. The molecule has 0 radical (unpaired) electrons. The van der Waals surface area contributed by atoms with Gasteiger partial charge in [0.1, 0.15) is 11.5 Å². The molecule has 1 aromatic heterocycles. The summed E-state index contributed by atoms with van der Waals surface area (Å²) < 4.78 is 13.4. The van der Waals surface area contributed by atoms with Crippen molar-refractivity contribution in [3.63, 3.8) is 0 Å². The fourth-order valence-corrected chi connectivity index (χ4v) is 2.50. The van der Waals surface area contributed by atoms with Crippen molar-refractivity contribution in [3.8, 4) is 11.1 Å². The quantitative estimate of drug-likeness (QED) is 0.738. The maximum atomic E-state index is 13.4. The van der Waals surface area contributed by atoms with Gasteiger partial charge in [0.2, 0.25) is 0 Å². The molecule has 0 aliphatic heterocycles. The Morgan fingerprint density at radius 1 is 1.20 bits per heavy atom. The molecule has 0 aliphatic rings. The van der Waals surface area contributed by atoms with Crippen LogP contribution in [0.5, 0.6) is 0 Å². The SMILES string of the molecule is O=C(O)c1[nH]c2ccc(F)cc2c1-c1ccccc1Cl. The van der Waals surface area contributed by atoms with Crippen LogP contribution in [-0.2, 0) is 0 Å². The van der Waals surface area contributed by atoms with Gasteiger partial charge in [-0.15, -0.1) is 0 Å². The Labute approximate surface area is 118 Å². The molecule has 20 heavy (non-hydrogen) atoms. The molecule has 0 saturated heterocycles. The molecule has 3 rings (SSSR count). The van der Waals surface area contributed by atoms with E-state index in [4.69, 9.17) is 11.6 Å². The van der Waals surface area contributed by atoms with Crippen molar-refractivity contribution in [2.45, 2.75) is 0 Å². The molecule has 5 heteroatoms. The molecule has 0 bridgehead atoms. The summed E-state index contributed by atoms with van der Waals surface area (Å²) in [6.45, 7) is 0. The topological polar surface area (TPSA) is 53.1 Å². The molecule has 2 N–H and O–H groups in total. The molecule has 0 spiro atoms. The Morgan fingerprint density at radius 2 is 1.95 bits per heavy atom. The lowest BCUT2D eigenvalue weighted by molar-refractivity contribution is 0.0692. The number of hydrogen-bond acceptors (Lipinski definition) is 1. The zero-order valence-corrected chi connectivity index (χ0v) is 10.9. The Morgan fingerprint density at radius 3 is 2.65 bits per heavy atom. The summed E-state index contributed by atoms with van der Waals surface area (Å²) in [5.74, 6) is -1.54. The monoisotopic (exact) mass is 289 g/mol. The first-order chi connectivity index (χ1) is 9.58. The summed E-state index contributed by atoms with van der Waals surface area (Å²) >= 11 is 6.13. The lowest BCUT2D eigenvalue weighted by Crippen LogP contribution is -1.98. The standard InChI is InChI=1S/C15H9ClFNO2/c16-11-4-2-1-3-9(11)13-10-7-8(17)5-6-12(10)18-14(13)15(19)20/h1-7,18H,(H,19,20). The van der Waals surface area contributed by atoms with Gasteiger partial charge in [-0.25, -0.2) is 9.18 Å². The van der Waals surface area contributed by atoms with Crippen LogP contribution in [0.15, 0.2) is 42.5 Å². The van der Waals surface area contributed by atoms with Crippen LogP contribution in [0, 0.1) is 5.82 Å². The highest BCUT2D eigenvalue weighted by Crippen LogP contribution is 2.36. The number of rotatable bonds is 2. The fourth-order valence-electron chi connectivity index (χ4n) is 2.27. The van der Waals surface area contributed by atoms with E-state index in [9.17, 15) is 14.3 Å². The van der Waals surface area contributed by atoms with Crippen molar-refractivity contribution in [2.75, 3.05) is 0 Å². The van der Waals surface area contributed by atoms with Crippen molar-refractivity contribution in [1.29, 1.82) is 0 Å². The molecule has 0 amide bonds.